The largest absolute Gasteiger partial charge is 0.481 e. The summed E-state index contributed by atoms with van der Waals surface area (Å²) >= 11 is 0. The molecule has 2 heterocycles. The highest BCUT2D eigenvalue weighted by molar-refractivity contribution is 5.81. The summed E-state index contributed by atoms with van der Waals surface area (Å²) in [5.41, 5.74) is 3.68. The van der Waals surface area contributed by atoms with Gasteiger partial charge in [0.05, 0.1) is 30.5 Å². The molecule has 0 aliphatic heterocycles. The lowest BCUT2D eigenvalue weighted by atomic mass is 10.1. The van der Waals surface area contributed by atoms with Crippen molar-refractivity contribution in [2.75, 3.05) is 12.4 Å². The Morgan fingerprint density at radius 1 is 1.29 bits per heavy atom. The molecule has 0 bridgehead atoms. The SMILES string of the molecule is CCc1nn(C)c(OC)c1CNc1nc2ccccc2cc1CO. The van der Waals surface area contributed by atoms with Gasteiger partial charge in [-0.25, -0.2) is 9.67 Å². The molecule has 6 heteroatoms. The second kappa shape index (κ2) is 6.88. The van der Waals surface area contributed by atoms with Crippen molar-refractivity contribution in [3.8, 4) is 5.88 Å². The smallest absolute Gasteiger partial charge is 0.216 e. The third-order valence-corrected chi connectivity index (χ3v) is 4.11. The number of aliphatic hydroxyl groups is 1. The first-order valence-corrected chi connectivity index (χ1v) is 8.00. The van der Waals surface area contributed by atoms with E-state index in [4.69, 9.17) is 4.74 Å². The molecular weight excluding hydrogens is 304 g/mol. The van der Waals surface area contributed by atoms with Gasteiger partial charge in [0.15, 0.2) is 0 Å². The number of aryl methyl sites for hydroxylation is 2. The van der Waals surface area contributed by atoms with Gasteiger partial charge in [0.1, 0.15) is 5.82 Å². The zero-order valence-electron chi connectivity index (χ0n) is 14.2. The van der Waals surface area contributed by atoms with Crippen LogP contribution in [-0.4, -0.2) is 27.0 Å². The van der Waals surface area contributed by atoms with Gasteiger partial charge >= 0.3 is 0 Å². The Balaban J connectivity index is 1.93. The molecular formula is C18H22N4O2. The second-order valence-corrected chi connectivity index (χ2v) is 5.61. The molecule has 24 heavy (non-hydrogen) atoms. The number of aliphatic hydroxyl groups excluding tert-OH is 1. The van der Waals surface area contributed by atoms with E-state index < -0.39 is 0 Å². The van der Waals surface area contributed by atoms with E-state index in [1.165, 1.54) is 0 Å². The number of benzene rings is 1. The average Bonchev–Trinajstić information content (AvgIpc) is 2.93. The molecule has 6 nitrogen and oxygen atoms in total. The molecule has 1 aromatic carbocycles. The van der Waals surface area contributed by atoms with Crippen LogP contribution in [0, 0.1) is 0 Å². The van der Waals surface area contributed by atoms with Gasteiger partial charge in [-0.2, -0.15) is 5.10 Å². The third kappa shape index (κ3) is 2.92. The van der Waals surface area contributed by atoms with Crippen LogP contribution in [0.5, 0.6) is 5.88 Å². The first-order valence-electron chi connectivity index (χ1n) is 8.00. The summed E-state index contributed by atoms with van der Waals surface area (Å²) < 4.78 is 7.21. The van der Waals surface area contributed by atoms with Gasteiger partial charge in [0, 0.05) is 24.5 Å². The van der Waals surface area contributed by atoms with Crippen LogP contribution in [0.1, 0.15) is 23.7 Å². The third-order valence-electron chi connectivity index (χ3n) is 4.11. The van der Waals surface area contributed by atoms with Crippen LogP contribution in [-0.2, 0) is 26.6 Å². The van der Waals surface area contributed by atoms with E-state index in [-0.39, 0.29) is 6.61 Å². The summed E-state index contributed by atoms with van der Waals surface area (Å²) in [5.74, 6) is 1.43. The van der Waals surface area contributed by atoms with Crippen molar-refractivity contribution in [3.05, 3.63) is 47.2 Å². The minimum absolute atomic E-state index is 0.0645. The highest BCUT2D eigenvalue weighted by Gasteiger charge is 2.16. The van der Waals surface area contributed by atoms with Gasteiger partial charge < -0.3 is 15.2 Å². The Morgan fingerprint density at radius 2 is 2.08 bits per heavy atom. The maximum Gasteiger partial charge on any atom is 0.216 e. The van der Waals surface area contributed by atoms with Crippen LogP contribution in [0.25, 0.3) is 10.9 Å². The molecule has 0 amide bonds. The van der Waals surface area contributed by atoms with Gasteiger partial charge in [-0.05, 0) is 18.6 Å². The molecule has 0 radical (unpaired) electrons. The topological polar surface area (TPSA) is 72.2 Å². The summed E-state index contributed by atoms with van der Waals surface area (Å²) in [6, 6.07) is 9.84. The number of hydrogen-bond donors (Lipinski definition) is 2. The van der Waals surface area contributed by atoms with Crippen LogP contribution in [0.15, 0.2) is 30.3 Å². The van der Waals surface area contributed by atoms with Crippen LogP contribution in [0.3, 0.4) is 0 Å². The maximum atomic E-state index is 9.66. The van der Waals surface area contributed by atoms with Crippen molar-refractivity contribution in [1.29, 1.82) is 0 Å². The van der Waals surface area contributed by atoms with Gasteiger partial charge in [0.2, 0.25) is 5.88 Å². The summed E-state index contributed by atoms with van der Waals surface area (Å²) in [4.78, 5) is 4.64. The van der Waals surface area contributed by atoms with E-state index in [9.17, 15) is 5.11 Å². The molecule has 0 saturated heterocycles. The zero-order chi connectivity index (χ0) is 17.1. The molecule has 0 spiro atoms. The number of ether oxygens (including phenoxy) is 1. The number of aromatic nitrogens is 3. The molecule has 3 rings (SSSR count). The van der Waals surface area contributed by atoms with E-state index >= 15 is 0 Å². The van der Waals surface area contributed by atoms with Crippen LogP contribution in [0.4, 0.5) is 5.82 Å². The van der Waals surface area contributed by atoms with Gasteiger partial charge in [-0.15, -0.1) is 0 Å². The number of nitrogens with zero attached hydrogens (tertiary/aromatic N) is 3. The lowest BCUT2D eigenvalue weighted by molar-refractivity contribution is 0.282. The molecule has 0 fully saturated rings. The molecule has 2 N–H and O–H groups in total. The van der Waals surface area contributed by atoms with Crippen LogP contribution >= 0.6 is 0 Å². The number of hydrogen-bond acceptors (Lipinski definition) is 5. The van der Waals surface area contributed by atoms with Crippen molar-refractivity contribution in [1.82, 2.24) is 14.8 Å². The summed E-state index contributed by atoms with van der Waals surface area (Å²) in [6.45, 7) is 2.54. The lowest BCUT2D eigenvalue weighted by Gasteiger charge is -2.12. The fraction of sp³-hybridized carbons (Fsp3) is 0.333. The van der Waals surface area contributed by atoms with Crippen LogP contribution < -0.4 is 10.1 Å². The first-order chi connectivity index (χ1) is 11.7. The van der Waals surface area contributed by atoms with Crippen molar-refractivity contribution in [3.63, 3.8) is 0 Å². The number of methoxy groups -OCH3 is 1. The Morgan fingerprint density at radius 3 is 2.79 bits per heavy atom. The van der Waals surface area contributed by atoms with Gasteiger partial charge in [-0.3, -0.25) is 0 Å². The Labute approximate surface area is 141 Å². The highest BCUT2D eigenvalue weighted by atomic mass is 16.5. The monoisotopic (exact) mass is 326 g/mol. The van der Waals surface area contributed by atoms with E-state index in [0.29, 0.717) is 12.4 Å². The fourth-order valence-electron chi connectivity index (χ4n) is 2.93. The summed E-state index contributed by atoms with van der Waals surface area (Å²) in [7, 11) is 3.52. The van der Waals surface area contributed by atoms with Crippen molar-refractivity contribution in [2.24, 2.45) is 7.05 Å². The Bertz CT molecular complexity index is 858. The molecule has 2 aromatic heterocycles. The Hall–Kier alpha value is -2.60. The normalized spacial score (nSPS) is 11.0. The molecule has 0 unspecified atom stereocenters. The van der Waals surface area contributed by atoms with Gasteiger partial charge in [-0.1, -0.05) is 25.1 Å². The lowest BCUT2D eigenvalue weighted by Crippen LogP contribution is -2.07. The number of fused-ring (bicyclic) bond motifs is 1. The number of pyridine rings is 1. The molecule has 3 aromatic rings. The van der Waals surface area contributed by atoms with E-state index in [2.05, 4.69) is 22.3 Å². The average molecular weight is 326 g/mol. The Kier molecular flexibility index (Phi) is 4.66. The minimum atomic E-state index is -0.0645. The zero-order valence-corrected chi connectivity index (χ0v) is 14.2. The molecule has 0 saturated carbocycles. The fourth-order valence-corrected chi connectivity index (χ4v) is 2.93. The molecule has 0 aliphatic carbocycles. The van der Waals surface area contributed by atoms with Crippen LogP contribution in [0.2, 0.25) is 0 Å². The number of rotatable bonds is 6. The molecule has 0 atom stereocenters. The minimum Gasteiger partial charge on any atom is -0.481 e. The standard InChI is InChI=1S/C18H22N4O2/c1-4-15-14(18(24-3)22(2)21-15)10-19-17-13(11-23)9-12-7-5-6-8-16(12)20-17/h5-9,23H,4,10-11H2,1-3H3,(H,19,20). The quantitative estimate of drug-likeness (QED) is 0.728. The predicted octanol–water partition coefficient (Wildman–Crippen LogP) is 2.64. The van der Waals surface area contributed by atoms with Gasteiger partial charge in [0.25, 0.3) is 0 Å². The number of nitrogens with one attached hydrogen (secondary N) is 1. The second-order valence-electron chi connectivity index (χ2n) is 5.61. The van der Waals surface area contributed by atoms with E-state index in [0.717, 1.165) is 40.0 Å². The van der Waals surface area contributed by atoms with Crippen molar-refractivity contribution < 1.29 is 9.84 Å². The van der Waals surface area contributed by atoms with E-state index in [1.54, 1.807) is 11.8 Å². The van der Waals surface area contributed by atoms with E-state index in [1.807, 2.05) is 37.4 Å². The predicted molar refractivity (Wildman–Crippen MR) is 94.1 cm³/mol. The highest BCUT2D eigenvalue weighted by Crippen LogP contribution is 2.25. The number of anilines is 1. The molecule has 0 aliphatic rings. The maximum absolute atomic E-state index is 9.66. The van der Waals surface area contributed by atoms with Crippen molar-refractivity contribution in [2.45, 2.75) is 26.5 Å². The molecule has 126 valence electrons. The summed E-state index contributed by atoms with van der Waals surface area (Å²) in [6.07, 6.45) is 0.826. The van der Waals surface area contributed by atoms with Crippen molar-refractivity contribution >= 4 is 16.7 Å². The number of para-hydroxylation sites is 1. The summed E-state index contributed by atoms with van der Waals surface area (Å²) in [5, 5.41) is 18.5. The first kappa shape index (κ1) is 16.3.